The average molecular weight is 472 g/mol. The first kappa shape index (κ1) is 25.3. The third-order valence-corrected chi connectivity index (χ3v) is 5.50. The van der Waals surface area contributed by atoms with Crippen molar-refractivity contribution in [2.24, 2.45) is 0 Å². The number of alkyl carbamates (subject to hydrolysis) is 1. The molecule has 0 bridgehead atoms. The molecule has 1 aliphatic heterocycles. The number of fused-ring (bicyclic) bond motifs is 1. The summed E-state index contributed by atoms with van der Waals surface area (Å²) in [6.07, 6.45) is 5.66. The number of carbonyl (C=O) groups is 4. The van der Waals surface area contributed by atoms with Crippen LogP contribution < -0.4 is 16.0 Å². The zero-order valence-electron chi connectivity index (χ0n) is 20.0. The third kappa shape index (κ3) is 7.33. The van der Waals surface area contributed by atoms with E-state index in [9.17, 15) is 19.2 Å². The summed E-state index contributed by atoms with van der Waals surface area (Å²) in [5.41, 5.74) is 1.45. The Labute approximate surface area is 199 Å². The maximum atomic E-state index is 12.3. The van der Waals surface area contributed by atoms with Crippen molar-refractivity contribution in [2.45, 2.75) is 77.2 Å². The molecule has 2 aromatic rings. The van der Waals surface area contributed by atoms with Gasteiger partial charge in [0.2, 0.25) is 17.7 Å². The summed E-state index contributed by atoms with van der Waals surface area (Å²) in [7, 11) is 0. The predicted octanol–water partition coefficient (Wildman–Crippen LogP) is 4.37. The molecule has 0 radical (unpaired) electrons. The Morgan fingerprint density at radius 2 is 1.91 bits per heavy atom. The number of anilines is 1. The van der Waals surface area contributed by atoms with E-state index < -0.39 is 17.6 Å². The van der Waals surface area contributed by atoms with Crippen LogP contribution in [0.5, 0.6) is 0 Å². The summed E-state index contributed by atoms with van der Waals surface area (Å²) < 4.78 is 10.8. The highest BCUT2D eigenvalue weighted by Crippen LogP contribution is 2.33. The van der Waals surface area contributed by atoms with Gasteiger partial charge >= 0.3 is 6.09 Å². The number of imide groups is 1. The molecule has 1 atom stereocenters. The van der Waals surface area contributed by atoms with Crippen LogP contribution in [0.4, 0.5) is 10.5 Å². The minimum atomic E-state index is -0.505. The van der Waals surface area contributed by atoms with Gasteiger partial charge < -0.3 is 19.8 Å². The highest BCUT2D eigenvalue weighted by molar-refractivity contribution is 6.03. The van der Waals surface area contributed by atoms with Crippen molar-refractivity contribution in [3.63, 3.8) is 0 Å². The number of furan rings is 1. The lowest BCUT2D eigenvalue weighted by molar-refractivity contribution is -0.134. The summed E-state index contributed by atoms with van der Waals surface area (Å²) in [6.45, 7) is 6.01. The maximum absolute atomic E-state index is 12.3. The van der Waals surface area contributed by atoms with E-state index in [0.29, 0.717) is 37.1 Å². The van der Waals surface area contributed by atoms with Gasteiger partial charge in [-0.15, -0.1) is 0 Å². The van der Waals surface area contributed by atoms with Crippen LogP contribution in [-0.2, 0) is 19.1 Å². The second kappa shape index (κ2) is 11.2. The average Bonchev–Trinajstić information content (AvgIpc) is 3.14. The molecule has 1 aliphatic rings. The summed E-state index contributed by atoms with van der Waals surface area (Å²) in [4.78, 5) is 47.4. The van der Waals surface area contributed by atoms with Gasteiger partial charge in [-0.05, 0) is 52.2 Å². The van der Waals surface area contributed by atoms with Crippen LogP contribution in [0.1, 0.15) is 77.2 Å². The molecule has 1 saturated heterocycles. The minimum absolute atomic E-state index is 0.0804. The lowest BCUT2D eigenvalue weighted by atomic mass is 9.90. The van der Waals surface area contributed by atoms with Crippen molar-refractivity contribution < 1.29 is 28.3 Å². The van der Waals surface area contributed by atoms with E-state index in [1.807, 2.05) is 26.8 Å². The minimum Gasteiger partial charge on any atom is -0.464 e. The SMILES string of the molecule is CC(C)(C)OC(=O)NCCCCCCC(=O)Nc1ccc2c(C3CCC(=O)NC3=O)coc2c1. The molecule has 34 heavy (non-hydrogen) atoms. The number of hydrogen-bond donors (Lipinski definition) is 3. The molecule has 3 rings (SSSR count). The molecule has 9 heteroatoms. The lowest BCUT2D eigenvalue weighted by Crippen LogP contribution is -2.39. The maximum Gasteiger partial charge on any atom is 0.407 e. The van der Waals surface area contributed by atoms with E-state index in [1.165, 1.54) is 0 Å². The molecule has 3 N–H and O–H groups in total. The number of unbranched alkanes of at least 4 members (excludes halogenated alkanes) is 3. The largest absolute Gasteiger partial charge is 0.464 e. The number of carbonyl (C=O) groups excluding carboxylic acids is 4. The molecule has 4 amide bonds. The predicted molar refractivity (Wildman–Crippen MR) is 127 cm³/mol. The Hall–Kier alpha value is -3.36. The fourth-order valence-corrected chi connectivity index (χ4v) is 3.88. The molecule has 184 valence electrons. The first-order chi connectivity index (χ1) is 16.1. The number of nitrogens with one attached hydrogen (secondary N) is 3. The molecule has 9 nitrogen and oxygen atoms in total. The lowest BCUT2D eigenvalue weighted by Gasteiger charge is -2.19. The van der Waals surface area contributed by atoms with Gasteiger partial charge in [0, 0.05) is 42.1 Å². The number of ether oxygens (including phenoxy) is 1. The van der Waals surface area contributed by atoms with Crippen molar-refractivity contribution in [3.8, 4) is 0 Å². The molecule has 1 unspecified atom stereocenters. The summed E-state index contributed by atoms with van der Waals surface area (Å²) >= 11 is 0. The van der Waals surface area contributed by atoms with Gasteiger partial charge in [-0.3, -0.25) is 19.7 Å². The van der Waals surface area contributed by atoms with Crippen LogP contribution in [0.25, 0.3) is 11.0 Å². The van der Waals surface area contributed by atoms with E-state index >= 15 is 0 Å². The molecule has 1 aromatic heterocycles. The topological polar surface area (TPSA) is 127 Å². The Kier molecular flexibility index (Phi) is 8.31. The Bertz CT molecular complexity index is 1050. The summed E-state index contributed by atoms with van der Waals surface area (Å²) in [6, 6.07) is 5.35. The van der Waals surface area contributed by atoms with Gasteiger partial charge in [0.05, 0.1) is 12.2 Å². The Balaban J connectivity index is 1.38. The molecule has 1 fully saturated rings. The highest BCUT2D eigenvalue weighted by atomic mass is 16.6. The van der Waals surface area contributed by atoms with E-state index in [2.05, 4.69) is 16.0 Å². The van der Waals surface area contributed by atoms with Gasteiger partial charge in [0.15, 0.2) is 0 Å². The fourth-order valence-electron chi connectivity index (χ4n) is 3.88. The Morgan fingerprint density at radius 3 is 2.65 bits per heavy atom. The van der Waals surface area contributed by atoms with Crippen LogP contribution in [0.3, 0.4) is 0 Å². The zero-order valence-corrected chi connectivity index (χ0v) is 20.0. The molecular weight excluding hydrogens is 438 g/mol. The number of hydrogen-bond acceptors (Lipinski definition) is 6. The van der Waals surface area contributed by atoms with Crippen molar-refractivity contribution >= 4 is 40.5 Å². The van der Waals surface area contributed by atoms with Gasteiger partial charge in [0.25, 0.3) is 0 Å². The number of benzene rings is 1. The van der Waals surface area contributed by atoms with Gasteiger partial charge in [-0.2, -0.15) is 0 Å². The molecule has 0 spiro atoms. The van der Waals surface area contributed by atoms with Gasteiger partial charge in [-0.25, -0.2) is 4.79 Å². The Morgan fingerprint density at radius 1 is 1.15 bits per heavy atom. The zero-order chi connectivity index (χ0) is 24.7. The van der Waals surface area contributed by atoms with Gasteiger partial charge in [0.1, 0.15) is 11.2 Å². The molecule has 0 aliphatic carbocycles. The second-order valence-electron chi connectivity index (χ2n) is 9.55. The number of amides is 4. The van der Waals surface area contributed by atoms with E-state index in [-0.39, 0.29) is 17.7 Å². The first-order valence-corrected chi connectivity index (χ1v) is 11.7. The van der Waals surface area contributed by atoms with Crippen LogP contribution >= 0.6 is 0 Å². The van der Waals surface area contributed by atoms with Crippen molar-refractivity contribution in [1.82, 2.24) is 10.6 Å². The van der Waals surface area contributed by atoms with Crippen molar-refractivity contribution in [2.75, 3.05) is 11.9 Å². The van der Waals surface area contributed by atoms with Crippen molar-refractivity contribution in [3.05, 3.63) is 30.0 Å². The van der Waals surface area contributed by atoms with E-state index in [1.54, 1.807) is 18.4 Å². The standard InChI is InChI=1S/C25H33N3O6/c1-25(2,3)34-24(32)26-13-7-5-4-6-8-21(29)27-16-9-10-17-19(15-33-20(17)14-16)18-11-12-22(30)28-23(18)31/h9-10,14-15,18H,4-8,11-13H2,1-3H3,(H,26,32)(H,27,29)(H,28,30,31). The first-order valence-electron chi connectivity index (χ1n) is 11.7. The molecule has 2 heterocycles. The quantitative estimate of drug-likeness (QED) is 0.368. The van der Waals surface area contributed by atoms with E-state index in [4.69, 9.17) is 9.15 Å². The molecule has 0 saturated carbocycles. The van der Waals surface area contributed by atoms with Crippen LogP contribution in [0.2, 0.25) is 0 Å². The highest BCUT2D eigenvalue weighted by Gasteiger charge is 2.30. The summed E-state index contributed by atoms with van der Waals surface area (Å²) in [5.74, 6) is -1.06. The normalized spacial score (nSPS) is 16.3. The third-order valence-electron chi connectivity index (χ3n) is 5.50. The van der Waals surface area contributed by atoms with E-state index in [0.717, 1.165) is 36.6 Å². The smallest absolute Gasteiger partial charge is 0.407 e. The van der Waals surface area contributed by atoms with Crippen molar-refractivity contribution in [1.29, 1.82) is 0 Å². The van der Waals surface area contributed by atoms with Crippen LogP contribution in [0, 0.1) is 0 Å². The number of piperidine rings is 1. The monoisotopic (exact) mass is 471 g/mol. The van der Waals surface area contributed by atoms with Crippen LogP contribution in [-0.4, -0.2) is 36.0 Å². The summed E-state index contributed by atoms with van der Waals surface area (Å²) in [5, 5.41) is 8.77. The van der Waals surface area contributed by atoms with Gasteiger partial charge in [-0.1, -0.05) is 12.8 Å². The molecule has 1 aromatic carbocycles. The fraction of sp³-hybridized carbons (Fsp3) is 0.520. The molecular formula is C25H33N3O6. The number of rotatable bonds is 9. The van der Waals surface area contributed by atoms with Crippen LogP contribution in [0.15, 0.2) is 28.9 Å². The second-order valence-corrected chi connectivity index (χ2v) is 9.55.